The summed E-state index contributed by atoms with van der Waals surface area (Å²) in [5, 5.41) is 0. The number of benzene rings is 1. The largest absolute Gasteiger partial charge is 0.329 e. The molecule has 1 unspecified atom stereocenters. The Morgan fingerprint density at radius 1 is 1.15 bits per heavy atom. The van der Waals surface area contributed by atoms with Crippen LogP contribution in [0, 0.1) is 6.92 Å². The second-order valence-corrected chi connectivity index (χ2v) is 6.55. The fraction of sp³-hybridized carbons (Fsp3) is 0.647. The van der Waals surface area contributed by atoms with Crippen molar-refractivity contribution in [1.82, 2.24) is 9.80 Å². The number of aryl methyl sites for hydroxylation is 1. The Labute approximate surface area is 123 Å². The highest BCUT2D eigenvalue weighted by atomic mass is 15.2. The lowest BCUT2D eigenvalue weighted by Gasteiger charge is -2.50. The number of rotatable bonds is 6. The molecule has 20 heavy (non-hydrogen) atoms. The summed E-state index contributed by atoms with van der Waals surface area (Å²) in [6.45, 7) is 3.89. The van der Waals surface area contributed by atoms with Crippen LogP contribution in [0.2, 0.25) is 0 Å². The maximum atomic E-state index is 6.04. The van der Waals surface area contributed by atoms with Gasteiger partial charge < -0.3 is 10.6 Å². The van der Waals surface area contributed by atoms with Gasteiger partial charge in [-0.25, -0.2) is 0 Å². The van der Waals surface area contributed by atoms with E-state index in [1.165, 1.54) is 30.4 Å². The van der Waals surface area contributed by atoms with Crippen molar-refractivity contribution in [2.75, 3.05) is 34.2 Å². The van der Waals surface area contributed by atoms with E-state index in [1.807, 2.05) is 0 Å². The number of nitrogens with two attached hydrogens (primary N) is 1. The summed E-state index contributed by atoms with van der Waals surface area (Å²) in [6.07, 6.45) is 3.95. The molecule has 1 aromatic rings. The minimum atomic E-state index is 0.313. The summed E-state index contributed by atoms with van der Waals surface area (Å²) in [7, 11) is 6.62. The lowest BCUT2D eigenvalue weighted by atomic mass is 9.75. The molecule has 0 radical (unpaired) electrons. The van der Waals surface area contributed by atoms with Crippen molar-refractivity contribution in [2.24, 2.45) is 5.73 Å². The van der Waals surface area contributed by atoms with Crippen molar-refractivity contribution < 1.29 is 0 Å². The average Bonchev–Trinajstić information content (AvgIpc) is 2.36. The van der Waals surface area contributed by atoms with Crippen molar-refractivity contribution in [1.29, 1.82) is 0 Å². The molecule has 0 saturated heterocycles. The monoisotopic (exact) mass is 275 g/mol. The predicted molar refractivity (Wildman–Crippen MR) is 85.9 cm³/mol. The van der Waals surface area contributed by atoms with Gasteiger partial charge in [0.1, 0.15) is 0 Å². The maximum absolute atomic E-state index is 6.04. The first kappa shape index (κ1) is 15.5. The number of hydrogen-bond donors (Lipinski definition) is 1. The van der Waals surface area contributed by atoms with E-state index in [9.17, 15) is 0 Å². The van der Waals surface area contributed by atoms with Crippen LogP contribution in [-0.4, -0.2) is 49.6 Å². The third kappa shape index (κ3) is 3.05. The molecule has 0 aromatic heterocycles. The van der Waals surface area contributed by atoms with E-state index in [0.717, 1.165) is 6.54 Å². The molecule has 2 N–H and O–H groups in total. The van der Waals surface area contributed by atoms with Gasteiger partial charge in [-0.1, -0.05) is 29.8 Å². The molecule has 1 aliphatic rings. The molecule has 1 fully saturated rings. The van der Waals surface area contributed by atoms with E-state index >= 15 is 0 Å². The molecule has 1 atom stereocenters. The lowest BCUT2D eigenvalue weighted by Crippen LogP contribution is -2.57. The Balaban J connectivity index is 2.09. The van der Waals surface area contributed by atoms with Crippen LogP contribution in [0.25, 0.3) is 0 Å². The number of nitrogens with zero attached hydrogens (tertiary/aromatic N) is 2. The topological polar surface area (TPSA) is 32.5 Å². The molecule has 0 amide bonds. The van der Waals surface area contributed by atoms with Crippen LogP contribution >= 0.6 is 0 Å². The second kappa shape index (κ2) is 6.25. The highest BCUT2D eigenvalue weighted by molar-refractivity contribution is 5.24. The van der Waals surface area contributed by atoms with Crippen LogP contribution in [0.5, 0.6) is 0 Å². The Morgan fingerprint density at radius 2 is 1.75 bits per heavy atom. The molecule has 0 bridgehead atoms. The van der Waals surface area contributed by atoms with Crippen LogP contribution in [0.4, 0.5) is 0 Å². The van der Waals surface area contributed by atoms with Gasteiger partial charge in [-0.3, -0.25) is 4.90 Å². The van der Waals surface area contributed by atoms with Crippen molar-refractivity contribution in [3.8, 4) is 0 Å². The zero-order chi connectivity index (χ0) is 14.8. The Bertz CT molecular complexity index is 420. The molecular formula is C17H29N3. The molecule has 0 aliphatic heterocycles. The Kier molecular flexibility index (Phi) is 4.84. The average molecular weight is 275 g/mol. The van der Waals surface area contributed by atoms with Crippen LogP contribution in [-0.2, 0) is 0 Å². The van der Waals surface area contributed by atoms with Gasteiger partial charge in [0, 0.05) is 24.7 Å². The number of likely N-dealkylation sites (N-methyl/N-ethyl adjacent to an activating group) is 2. The van der Waals surface area contributed by atoms with Gasteiger partial charge in [0.05, 0.1) is 0 Å². The Hall–Kier alpha value is -0.900. The fourth-order valence-corrected chi connectivity index (χ4v) is 3.27. The highest BCUT2D eigenvalue weighted by Crippen LogP contribution is 2.38. The second-order valence-electron chi connectivity index (χ2n) is 6.55. The first-order valence-electron chi connectivity index (χ1n) is 7.63. The SMILES string of the molecule is Cc1ccc(C(CN)N(C)CC2(N(C)C)CCC2)cc1. The summed E-state index contributed by atoms with van der Waals surface area (Å²) < 4.78 is 0. The van der Waals surface area contributed by atoms with E-state index in [4.69, 9.17) is 5.73 Å². The standard InChI is InChI=1S/C17H29N3/c1-14-6-8-15(9-7-14)16(12-18)20(4)13-17(19(2)3)10-5-11-17/h6-9,16H,5,10-13,18H2,1-4H3. The van der Waals surface area contributed by atoms with Crippen LogP contribution in [0.1, 0.15) is 36.4 Å². The van der Waals surface area contributed by atoms with E-state index in [0.29, 0.717) is 18.1 Å². The normalized spacial score (nSPS) is 19.1. The molecule has 3 nitrogen and oxygen atoms in total. The van der Waals surface area contributed by atoms with Crippen molar-refractivity contribution in [3.63, 3.8) is 0 Å². The summed E-state index contributed by atoms with van der Waals surface area (Å²) >= 11 is 0. The summed E-state index contributed by atoms with van der Waals surface area (Å²) in [5.41, 5.74) is 9.03. The minimum absolute atomic E-state index is 0.313. The quantitative estimate of drug-likeness (QED) is 0.865. The predicted octanol–water partition coefficient (Wildman–Crippen LogP) is 2.41. The number of hydrogen-bond acceptors (Lipinski definition) is 3. The molecule has 2 rings (SSSR count). The van der Waals surface area contributed by atoms with Crippen LogP contribution in [0.3, 0.4) is 0 Å². The third-order valence-corrected chi connectivity index (χ3v) is 4.99. The van der Waals surface area contributed by atoms with Crippen molar-refractivity contribution >= 4 is 0 Å². The van der Waals surface area contributed by atoms with E-state index < -0.39 is 0 Å². The third-order valence-electron chi connectivity index (χ3n) is 4.99. The van der Waals surface area contributed by atoms with E-state index in [1.54, 1.807) is 0 Å². The van der Waals surface area contributed by atoms with Gasteiger partial charge in [0.15, 0.2) is 0 Å². The fourth-order valence-electron chi connectivity index (χ4n) is 3.27. The minimum Gasteiger partial charge on any atom is -0.329 e. The smallest absolute Gasteiger partial charge is 0.0468 e. The molecule has 1 aliphatic carbocycles. The molecule has 0 heterocycles. The zero-order valence-corrected chi connectivity index (χ0v) is 13.4. The summed E-state index contributed by atoms with van der Waals surface area (Å²) in [5.74, 6) is 0. The van der Waals surface area contributed by atoms with Gasteiger partial charge in [0.25, 0.3) is 0 Å². The summed E-state index contributed by atoms with van der Waals surface area (Å²) in [6, 6.07) is 9.10. The summed E-state index contributed by atoms with van der Waals surface area (Å²) in [4.78, 5) is 4.83. The van der Waals surface area contributed by atoms with E-state index in [2.05, 4.69) is 62.1 Å². The highest BCUT2D eigenvalue weighted by Gasteiger charge is 2.40. The zero-order valence-electron chi connectivity index (χ0n) is 13.4. The Morgan fingerprint density at radius 3 is 2.15 bits per heavy atom. The molecule has 1 saturated carbocycles. The van der Waals surface area contributed by atoms with E-state index in [-0.39, 0.29) is 0 Å². The first-order chi connectivity index (χ1) is 9.48. The lowest BCUT2D eigenvalue weighted by molar-refractivity contribution is 0.0168. The van der Waals surface area contributed by atoms with Crippen LogP contribution in [0.15, 0.2) is 24.3 Å². The molecule has 1 aromatic carbocycles. The molecule has 3 heteroatoms. The van der Waals surface area contributed by atoms with Gasteiger partial charge in [-0.05, 0) is 52.9 Å². The first-order valence-corrected chi connectivity index (χ1v) is 7.63. The van der Waals surface area contributed by atoms with Gasteiger partial charge in [-0.15, -0.1) is 0 Å². The van der Waals surface area contributed by atoms with Crippen LogP contribution < -0.4 is 5.73 Å². The van der Waals surface area contributed by atoms with Gasteiger partial charge >= 0.3 is 0 Å². The maximum Gasteiger partial charge on any atom is 0.0468 e. The molecular weight excluding hydrogens is 246 g/mol. The van der Waals surface area contributed by atoms with Gasteiger partial charge in [-0.2, -0.15) is 0 Å². The van der Waals surface area contributed by atoms with Crippen molar-refractivity contribution in [3.05, 3.63) is 35.4 Å². The van der Waals surface area contributed by atoms with Crippen molar-refractivity contribution in [2.45, 2.75) is 37.8 Å². The molecule has 112 valence electrons. The molecule has 0 spiro atoms. The van der Waals surface area contributed by atoms with Gasteiger partial charge in [0.2, 0.25) is 0 Å².